The molecule has 0 aromatic heterocycles. The molecule has 0 heterocycles. The number of hydrogen-bond acceptors (Lipinski definition) is 4. The first kappa shape index (κ1) is 10.3. The summed E-state index contributed by atoms with van der Waals surface area (Å²) in [6.07, 6.45) is -0.808. The van der Waals surface area contributed by atoms with E-state index in [9.17, 15) is 4.79 Å². The molecule has 0 aromatic carbocycles. The van der Waals surface area contributed by atoms with Crippen LogP contribution >= 0.6 is 0 Å². The molecule has 0 rings (SSSR count). The highest BCUT2D eigenvalue weighted by molar-refractivity contribution is 5.67. The second-order valence-electron chi connectivity index (χ2n) is 2.10. The zero-order valence-corrected chi connectivity index (χ0v) is 6.61. The molecule has 0 unspecified atom stereocenters. The summed E-state index contributed by atoms with van der Waals surface area (Å²) in [5.74, 6) is -0.961. The van der Waals surface area contributed by atoms with Crippen LogP contribution in [0.3, 0.4) is 0 Å². The average Bonchev–Trinajstić information content (AvgIpc) is 1.88. The third-order valence-electron chi connectivity index (χ3n) is 1.22. The Morgan fingerprint density at radius 3 is 2.27 bits per heavy atom. The molecule has 0 aromatic rings. The fraction of sp³-hybridized carbons (Fsp3) is 0.833. The Hall–Kier alpha value is -0.650. The molecule has 1 atom stereocenters. The van der Waals surface area contributed by atoms with Crippen molar-refractivity contribution in [3.63, 3.8) is 0 Å². The van der Waals surface area contributed by atoms with Gasteiger partial charge in [-0.05, 0) is 0 Å². The van der Waals surface area contributed by atoms with E-state index in [1.807, 2.05) is 0 Å². The second kappa shape index (κ2) is 5.06. The van der Waals surface area contributed by atoms with Crippen LogP contribution in [-0.4, -0.2) is 37.6 Å². The Labute approximate surface area is 65.1 Å². The molecule has 11 heavy (non-hydrogen) atoms. The van der Waals surface area contributed by atoms with Crippen LogP contribution < -0.4 is 5.73 Å². The van der Waals surface area contributed by atoms with Crippen molar-refractivity contribution in [1.82, 2.24) is 0 Å². The van der Waals surface area contributed by atoms with Gasteiger partial charge in [0.15, 0.2) is 6.29 Å². The van der Waals surface area contributed by atoms with Gasteiger partial charge in [-0.15, -0.1) is 0 Å². The number of carboxylic acids is 1. The highest BCUT2D eigenvalue weighted by Crippen LogP contribution is 2.00. The van der Waals surface area contributed by atoms with Gasteiger partial charge >= 0.3 is 5.97 Å². The lowest BCUT2D eigenvalue weighted by atomic mass is 10.2. The predicted octanol–water partition coefficient (Wildman–Crippen LogP) is -0.593. The Morgan fingerprint density at radius 2 is 2.00 bits per heavy atom. The van der Waals surface area contributed by atoms with Crippen molar-refractivity contribution in [2.75, 3.05) is 14.2 Å². The van der Waals surface area contributed by atoms with Crippen LogP contribution in [0.4, 0.5) is 0 Å². The van der Waals surface area contributed by atoms with Gasteiger partial charge in [0.25, 0.3) is 0 Å². The van der Waals surface area contributed by atoms with E-state index in [2.05, 4.69) is 0 Å². The first-order valence-electron chi connectivity index (χ1n) is 3.14. The molecule has 0 aliphatic carbocycles. The largest absolute Gasteiger partial charge is 0.481 e. The number of carbonyl (C=O) groups is 1. The zero-order valence-electron chi connectivity index (χ0n) is 6.61. The number of aliphatic carboxylic acids is 1. The minimum atomic E-state index is -0.961. The number of rotatable bonds is 5. The molecule has 0 aliphatic rings. The van der Waals surface area contributed by atoms with Crippen molar-refractivity contribution in [1.29, 1.82) is 0 Å². The molecule has 0 bridgehead atoms. The van der Waals surface area contributed by atoms with Gasteiger partial charge in [0, 0.05) is 14.2 Å². The monoisotopic (exact) mass is 163 g/mol. The molecule has 0 spiro atoms. The van der Waals surface area contributed by atoms with Gasteiger partial charge in [0.05, 0.1) is 12.5 Å². The van der Waals surface area contributed by atoms with Gasteiger partial charge < -0.3 is 20.3 Å². The minimum Gasteiger partial charge on any atom is -0.481 e. The van der Waals surface area contributed by atoms with Gasteiger partial charge in [0.1, 0.15) is 0 Å². The van der Waals surface area contributed by atoms with Gasteiger partial charge in [-0.1, -0.05) is 0 Å². The lowest BCUT2D eigenvalue weighted by Gasteiger charge is -2.18. The SMILES string of the molecule is COC(OC)[C@@H](N)CC(=O)O. The predicted molar refractivity (Wildman–Crippen MR) is 38.0 cm³/mol. The number of hydrogen-bond donors (Lipinski definition) is 2. The summed E-state index contributed by atoms with van der Waals surface area (Å²) < 4.78 is 9.50. The maximum absolute atomic E-state index is 10.2. The van der Waals surface area contributed by atoms with Crippen molar-refractivity contribution >= 4 is 5.97 Å². The normalized spacial score (nSPS) is 13.5. The Morgan fingerprint density at radius 1 is 1.55 bits per heavy atom. The van der Waals surface area contributed by atoms with E-state index in [-0.39, 0.29) is 6.42 Å². The highest BCUT2D eigenvalue weighted by atomic mass is 16.7. The second-order valence-corrected chi connectivity index (χ2v) is 2.10. The maximum atomic E-state index is 10.2. The summed E-state index contributed by atoms with van der Waals surface area (Å²) in [5.41, 5.74) is 5.41. The van der Waals surface area contributed by atoms with Crippen molar-refractivity contribution in [2.45, 2.75) is 18.8 Å². The van der Waals surface area contributed by atoms with Crippen molar-refractivity contribution in [3.05, 3.63) is 0 Å². The lowest BCUT2D eigenvalue weighted by Crippen LogP contribution is -2.39. The molecular formula is C6H13NO4. The van der Waals surface area contributed by atoms with Crippen LogP contribution in [0.1, 0.15) is 6.42 Å². The number of carboxylic acid groups (broad SMARTS) is 1. The molecule has 0 saturated heterocycles. The summed E-state index contributed by atoms with van der Waals surface area (Å²) >= 11 is 0. The molecule has 0 radical (unpaired) electrons. The van der Waals surface area contributed by atoms with Crippen molar-refractivity contribution in [2.24, 2.45) is 5.73 Å². The van der Waals surface area contributed by atoms with Crippen LogP contribution in [0.5, 0.6) is 0 Å². The van der Waals surface area contributed by atoms with Gasteiger partial charge in [-0.2, -0.15) is 0 Å². The van der Waals surface area contributed by atoms with Crippen LogP contribution in [0.15, 0.2) is 0 Å². The van der Waals surface area contributed by atoms with Crippen molar-refractivity contribution in [3.8, 4) is 0 Å². The first-order chi connectivity index (χ1) is 5.11. The Kier molecular flexibility index (Phi) is 4.76. The Balaban J connectivity index is 3.78. The van der Waals surface area contributed by atoms with E-state index in [0.717, 1.165) is 0 Å². The molecular weight excluding hydrogens is 150 g/mol. The van der Waals surface area contributed by atoms with Gasteiger partial charge in [-0.25, -0.2) is 0 Å². The fourth-order valence-corrected chi connectivity index (χ4v) is 0.744. The summed E-state index contributed by atoms with van der Waals surface area (Å²) in [6, 6.07) is -0.623. The standard InChI is InChI=1S/C6H13NO4/c1-10-6(11-2)4(7)3-5(8)9/h4,6H,3,7H2,1-2H3,(H,8,9)/t4-/m0/s1. The Bertz CT molecular complexity index is 124. The molecule has 3 N–H and O–H groups in total. The van der Waals surface area contributed by atoms with E-state index in [1.54, 1.807) is 0 Å². The average molecular weight is 163 g/mol. The van der Waals surface area contributed by atoms with Crippen LogP contribution in [0.25, 0.3) is 0 Å². The summed E-state index contributed by atoms with van der Waals surface area (Å²) in [6.45, 7) is 0. The minimum absolute atomic E-state index is 0.160. The molecule has 0 fully saturated rings. The molecule has 0 amide bonds. The van der Waals surface area contributed by atoms with E-state index in [4.69, 9.17) is 20.3 Å². The van der Waals surface area contributed by atoms with Crippen LogP contribution in [-0.2, 0) is 14.3 Å². The van der Waals surface area contributed by atoms with Gasteiger partial charge in [-0.3, -0.25) is 4.79 Å². The fourth-order valence-electron chi connectivity index (χ4n) is 0.744. The maximum Gasteiger partial charge on any atom is 0.305 e. The third-order valence-corrected chi connectivity index (χ3v) is 1.22. The number of nitrogens with two attached hydrogens (primary N) is 1. The van der Waals surface area contributed by atoms with Crippen molar-refractivity contribution < 1.29 is 19.4 Å². The van der Waals surface area contributed by atoms with Gasteiger partial charge in [0.2, 0.25) is 0 Å². The van der Waals surface area contributed by atoms with E-state index in [1.165, 1.54) is 14.2 Å². The zero-order chi connectivity index (χ0) is 8.85. The van der Waals surface area contributed by atoms with E-state index >= 15 is 0 Å². The summed E-state index contributed by atoms with van der Waals surface area (Å²) in [4.78, 5) is 10.2. The summed E-state index contributed by atoms with van der Waals surface area (Å²) in [5, 5.41) is 8.33. The number of ether oxygens (including phenoxy) is 2. The van der Waals surface area contributed by atoms with E-state index in [0.29, 0.717) is 0 Å². The van der Waals surface area contributed by atoms with E-state index < -0.39 is 18.3 Å². The summed E-state index contributed by atoms with van der Waals surface area (Å²) in [7, 11) is 2.83. The molecule has 0 aliphatic heterocycles. The molecule has 5 heteroatoms. The quantitative estimate of drug-likeness (QED) is 0.529. The third kappa shape index (κ3) is 3.92. The smallest absolute Gasteiger partial charge is 0.305 e. The number of methoxy groups -OCH3 is 2. The topological polar surface area (TPSA) is 81.8 Å². The van der Waals surface area contributed by atoms with Crippen LogP contribution in [0, 0.1) is 0 Å². The molecule has 0 saturated carbocycles. The van der Waals surface area contributed by atoms with Crippen LogP contribution in [0.2, 0.25) is 0 Å². The molecule has 5 nitrogen and oxygen atoms in total. The highest BCUT2D eigenvalue weighted by Gasteiger charge is 2.18. The first-order valence-corrected chi connectivity index (χ1v) is 3.14. The lowest BCUT2D eigenvalue weighted by molar-refractivity contribution is -0.145. The molecule has 66 valence electrons.